The van der Waals surface area contributed by atoms with Crippen LogP contribution in [0.3, 0.4) is 0 Å². The normalized spacial score (nSPS) is 14.6. The zero-order valence-corrected chi connectivity index (χ0v) is 10.8. The lowest BCUT2D eigenvalue weighted by Gasteiger charge is -2.24. The van der Waals surface area contributed by atoms with Crippen molar-refractivity contribution < 1.29 is 9.13 Å². The first-order valence-electron chi connectivity index (χ1n) is 5.50. The molecule has 0 bridgehead atoms. The summed E-state index contributed by atoms with van der Waals surface area (Å²) in [6, 6.07) is 4.30. The smallest absolute Gasteiger partial charge is 0.129 e. The number of ether oxygens (including phenoxy) is 1. The molecule has 0 amide bonds. The molecule has 0 fully saturated rings. The molecule has 0 aliphatic heterocycles. The maximum absolute atomic E-state index is 13.8. The van der Waals surface area contributed by atoms with Crippen LogP contribution in [0.4, 0.5) is 4.39 Å². The fraction of sp³-hybridized carbons (Fsp3) is 0.500. The molecule has 3 nitrogen and oxygen atoms in total. The van der Waals surface area contributed by atoms with Crippen molar-refractivity contribution in [1.82, 2.24) is 5.43 Å². The number of hydrogen-bond donors (Lipinski definition) is 2. The third-order valence-electron chi connectivity index (χ3n) is 2.84. The van der Waals surface area contributed by atoms with Gasteiger partial charge in [0, 0.05) is 24.3 Å². The minimum atomic E-state index is -0.343. The summed E-state index contributed by atoms with van der Waals surface area (Å²) >= 11 is 6.01. The van der Waals surface area contributed by atoms with E-state index in [2.05, 4.69) is 5.43 Å². The summed E-state index contributed by atoms with van der Waals surface area (Å²) in [4.78, 5) is 0. The van der Waals surface area contributed by atoms with Gasteiger partial charge in [0.15, 0.2) is 0 Å². The molecule has 1 rings (SSSR count). The van der Waals surface area contributed by atoms with E-state index in [1.807, 2.05) is 6.92 Å². The summed E-state index contributed by atoms with van der Waals surface area (Å²) in [5.41, 5.74) is 3.05. The van der Waals surface area contributed by atoms with Gasteiger partial charge in [-0.2, -0.15) is 0 Å². The zero-order valence-electron chi connectivity index (χ0n) is 10.0. The fourth-order valence-electron chi connectivity index (χ4n) is 1.81. The monoisotopic (exact) mass is 260 g/mol. The van der Waals surface area contributed by atoms with Crippen molar-refractivity contribution in [3.8, 4) is 0 Å². The van der Waals surface area contributed by atoms with E-state index in [1.165, 1.54) is 6.07 Å². The van der Waals surface area contributed by atoms with E-state index < -0.39 is 0 Å². The lowest BCUT2D eigenvalue weighted by molar-refractivity contribution is 0.169. The second-order valence-electron chi connectivity index (χ2n) is 4.04. The van der Waals surface area contributed by atoms with Gasteiger partial charge < -0.3 is 4.74 Å². The summed E-state index contributed by atoms with van der Waals surface area (Å²) in [7, 11) is 1.63. The van der Waals surface area contributed by atoms with E-state index in [0.717, 1.165) is 6.42 Å². The molecule has 17 heavy (non-hydrogen) atoms. The van der Waals surface area contributed by atoms with E-state index in [4.69, 9.17) is 22.2 Å². The Morgan fingerprint density at radius 3 is 2.76 bits per heavy atom. The number of hydrogen-bond acceptors (Lipinski definition) is 3. The van der Waals surface area contributed by atoms with Gasteiger partial charge >= 0.3 is 0 Å². The van der Waals surface area contributed by atoms with E-state index in [1.54, 1.807) is 19.2 Å². The SMILES string of the molecule is COCCC(C)C(NN)c1c(F)cccc1Cl. The maximum atomic E-state index is 13.8. The molecule has 2 unspecified atom stereocenters. The molecular formula is C12H18ClFN2O. The first-order chi connectivity index (χ1) is 8.11. The van der Waals surface area contributed by atoms with Crippen LogP contribution in [0.1, 0.15) is 24.9 Å². The standard InChI is InChI=1S/C12H18ClFN2O/c1-8(6-7-17-2)12(16-15)11-9(13)4-3-5-10(11)14/h3-5,8,12,16H,6-7,15H2,1-2H3. The minimum absolute atomic E-state index is 0.120. The maximum Gasteiger partial charge on any atom is 0.129 e. The first-order valence-corrected chi connectivity index (χ1v) is 5.88. The van der Waals surface area contributed by atoms with Crippen LogP contribution >= 0.6 is 11.6 Å². The molecule has 5 heteroatoms. The average Bonchev–Trinajstić information content (AvgIpc) is 2.31. The van der Waals surface area contributed by atoms with Gasteiger partial charge in [-0.25, -0.2) is 4.39 Å². The summed E-state index contributed by atoms with van der Waals surface area (Å²) in [5.74, 6) is 5.28. The molecule has 0 aliphatic rings. The Kier molecular flexibility index (Phi) is 5.85. The number of methoxy groups -OCH3 is 1. The van der Waals surface area contributed by atoms with E-state index in [-0.39, 0.29) is 17.8 Å². The summed E-state index contributed by atoms with van der Waals surface area (Å²) in [5, 5.41) is 0.386. The number of halogens is 2. The summed E-state index contributed by atoms with van der Waals surface area (Å²) in [6.45, 7) is 2.58. The van der Waals surface area contributed by atoms with Gasteiger partial charge in [-0.3, -0.25) is 11.3 Å². The number of nitrogens with two attached hydrogens (primary N) is 1. The lowest BCUT2D eigenvalue weighted by Crippen LogP contribution is -2.33. The third kappa shape index (κ3) is 3.64. The quantitative estimate of drug-likeness (QED) is 0.611. The number of benzene rings is 1. The largest absolute Gasteiger partial charge is 0.385 e. The second kappa shape index (κ2) is 6.91. The molecule has 0 heterocycles. The number of rotatable bonds is 6. The Morgan fingerprint density at radius 1 is 1.53 bits per heavy atom. The van der Waals surface area contributed by atoms with Crippen molar-refractivity contribution in [1.29, 1.82) is 0 Å². The van der Waals surface area contributed by atoms with Crippen LogP contribution < -0.4 is 11.3 Å². The highest BCUT2D eigenvalue weighted by Gasteiger charge is 2.23. The van der Waals surface area contributed by atoms with Crippen LogP contribution in [-0.2, 0) is 4.74 Å². The van der Waals surface area contributed by atoms with Crippen LogP contribution in [0.15, 0.2) is 18.2 Å². The van der Waals surface area contributed by atoms with Crippen molar-refractivity contribution in [2.24, 2.45) is 11.8 Å². The van der Waals surface area contributed by atoms with Crippen LogP contribution in [0.25, 0.3) is 0 Å². The van der Waals surface area contributed by atoms with E-state index in [0.29, 0.717) is 17.2 Å². The topological polar surface area (TPSA) is 47.3 Å². The van der Waals surface area contributed by atoms with E-state index >= 15 is 0 Å². The van der Waals surface area contributed by atoms with Gasteiger partial charge in [-0.1, -0.05) is 24.6 Å². The molecule has 0 aromatic heterocycles. The lowest BCUT2D eigenvalue weighted by atomic mass is 9.92. The Morgan fingerprint density at radius 2 is 2.24 bits per heavy atom. The van der Waals surface area contributed by atoms with Gasteiger partial charge in [0.2, 0.25) is 0 Å². The Hall–Kier alpha value is -0.680. The van der Waals surface area contributed by atoms with Crippen molar-refractivity contribution >= 4 is 11.6 Å². The van der Waals surface area contributed by atoms with Crippen molar-refractivity contribution in [3.05, 3.63) is 34.6 Å². The van der Waals surface area contributed by atoms with Gasteiger partial charge in [0.1, 0.15) is 5.82 Å². The predicted octanol–water partition coefficient (Wildman–Crippen LogP) is 2.66. The highest BCUT2D eigenvalue weighted by atomic mass is 35.5. The van der Waals surface area contributed by atoms with E-state index in [9.17, 15) is 4.39 Å². The zero-order chi connectivity index (χ0) is 12.8. The van der Waals surface area contributed by atoms with Crippen LogP contribution in [0.5, 0.6) is 0 Å². The van der Waals surface area contributed by atoms with Crippen LogP contribution in [0, 0.1) is 11.7 Å². The number of nitrogens with one attached hydrogen (secondary N) is 1. The highest BCUT2D eigenvalue weighted by molar-refractivity contribution is 6.31. The molecule has 0 saturated carbocycles. The predicted molar refractivity (Wildman–Crippen MR) is 67.1 cm³/mol. The van der Waals surface area contributed by atoms with Gasteiger partial charge in [-0.05, 0) is 24.5 Å². The summed E-state index contributed by atoms with van der Waals surface area (Å²) < 4.78 is 18.8. The minimum Gasteiger partial charge on any atom is -0.385 e. The highest BCUT2D eigenvalue weighted by Crippen LogP contribution is 2.31. The van der Waals surface area contributed by atoms with Gasteiger partial charge in [0.05, 0.1) is 6.04 Å². The summed E-state index contributed by atoms with van der Waals surface area (Å²) in [6.07, 6.45) is 0.774. The molecule has 1 aromatic carbocycles. The van der Waals surface area contributed by atoms with Crippen LogP contribution in [0.2, 0.25) is 5.02 Å². The molecule has 0 aliphatic carbocycles. The molecule has 0 saturated heterocycles. The Labute approximate surface area is 106 Å². The van der Waals surface area contributed by atoms with Crippen molar-refractivity contribution in [3.63, 3.8) is 0 Å². The molecule has 3 N–H and O–H groups in total. The fourth-order valence-corrected chi connectivity index (χ4v) is 2.09. The molecule has 2 atom stereocenters. The second-order valence-corrected chi connectivity index (χ2v) is 4.45. The average molecular weight is 261 g/mol. The molecule has 0 spiro atoms. The van der Waals surface area contributed by atoms with Crippen molar-refractivity contribution in [2.45, 2.75) is 19.4 Å². The Bertz CT molecular complexity index is 342. The van der Waals surface area contributed by atoms with Gasteiger partial charge in [0.25, 0.3) is 0 Å². The number of hydrazine groups is 1. The van der Waals surface area contributed by atoms with Crippen molar-refractivity contribution in [2.75, 3.05) is 13.7 Å². The first kappa shape index (κ1) is 14.4. The molecular weight excluding hydrogens is 243 g/mol. The molecule has 1 aromatic rings. The Balaban J connectivity index is 2.93. The molecule has 96 valence electrons. The molecule has 0 radical (unpaired) electrons. The van der Waals surface area contributed by atoms with Gasteiger partial charge in [-0.15, -0.1) is 0 Å². The third-order valence-corrected chi connectivity index (χ3v) is 3.17. The van der Waals surface area contributed by atoms with Crippen LogP contribution in [-0.4, -0.2) is 13.7 Å².